The Kier molecular flexibility index (Phi) is 3.99. The van der Waals surface area contributed by atoms with Crippen LogP contribution in [0.15, 0.2) is 18.2 Å². The average Bonchev–Trinajstić information content (AvgIpc) is 2.89. The Morgan fingerprint density at radius 3 is 2.72 bits per heavy atom. The second-order valence-corrected chi connectivity index (χ2v) is 4.30. The molecule has 1 aromatic carbocycles. The molecule has 98 valence electrons. The third-order valence-corrected chi connectivity index (χ3v) is 3.07. The topological polar surface area (TPSA) is 78.6 Å². The molecular formula is C12H17N3O3. The first-order valence-corrected chi connectivity index (χ1v) is 6.10. The normalized spacial score (nSPS) is 14.8. The van der Waals surface area contributed by atoms with Gasteiger partial charge in [0.15, 0.2) is 0 Å². The highest BCUT2D eigenvalue weighted by Gasteiger charge is 2.18. The summed E-state index contributed by atoms with van der Waals surface area (Å²) in [6.07, 6.45) is 2.23. The second-order valence-electron chi connectivity index (χ2n) is 4.30. The van der Waals surface area contributed by atoms with Crippen molar-refractivity contribution in [1.82, 2.24) is 0 Å². The largest absolute Gasteiger partial charge is 0.395 e. The summed E-state index contributed by atoms with van der Waals surface area (Å²) >= 11 is 0. The number of nitro groups is 1. The number of nitrogens with zero attached hydrogens (tertiary/aromatic N) is 2. The van der Waals surface area contributed by atoms with E-state index in [1.165, 1.54) is 6.07 Å². The highest BCUT2D eigenvalue weighted by Crippen LogP contribution is 2.32. The Balaban J connectivity index is 2.29. The maximum atomic E-state index is 10.8. The molecule has 18 heavy (non-hydrogen) atoms. The third kappa shape index (κ3) is 2.70. The van der Waals surface area contributed by atoms with Crippen LogP contribution >= 0.6 is 0 Å². The molecular weight excluding hydrogens is 234 g/mol. The zero-order valence-corrected chi connectivity index (χ0v) is 10.1. The van der Waals surface area contributed by atoms with E-state index in [2.05, 4.69) is 10.2 Å². The molecule has 0 aliphatic carbocycles. The zero-order valence-electron chi connectivity index (χ0n) is 10.1. The van der Waals surface area contributed by atoms with Crippen molar-refractivity contribution in [3.05, 3.63) is 28.3 Å². The number of anilines is 2. The van der Waals surface area contributed by atoms with E-state index in [-0.39, 0.29) is 17.2 Å². The van der Waals surface area contributed by atoms with E-state index in [1.807, 2.05) is 0 Å². The van der Waals surface area contributed by atoms with E-state index in [4.69, 9.17) is 5.11 Å². The molecule has 1 saturated heterocycles. The van der Waals surface area contributed by atoms with Crippen molar-refractivity contribution in [3.63, 3.8) is 0 Å². The maximum Gasteiger partial charge on any atom is 0.271 e. The maximum absolute atomic E-state index is 10.8. The van der Waals surface area contributed by atoms with E-state index in [0.717, 1.165) is 37.3 Å². The number of non-ortho nitro benzene ring substituents is 1. The summed E-state index contributed by atoms with van der Waals surface area (Å²) in [5.41, 5.74) is 1.80. The standard InChI is InChI=1S/C12H17N3O3/c16-8-5-13-11-4-3-10(15(17)18)9-12(11)14-6-1-2-7-14/h3-4,9,13,16H,1-2,5-8H2. The van der Waals surface area contributed by atoms with Crippen LogP contribution in [0.2, 0.25) is 0 Å². The van der Waals surface area contributed by atoms with Gasteiger partial charge in [-0.1, -0.05) is 0 Å². The van der Waals surface area contributed by atoms with E-state index in [1.54, 1.807) is 12.1 Å². The molecule has 1 aliphatic heterocycles. The van der Waals surface area contributed by atoms with Gasteiger partial charge in [0.2, 0.25) is 0 Å². The zero-order chi connectivity index (χ0) is 13.0. The van der Waals surface area contributed by atoms with Crippen molar-refractivity contribution in [1.29, 1.82) is 0 Å². The molecule has 6 nitrogen and oxygen atoms in total. The monoisotopic (exact) mass is 251 g/mol. The molecule has 1 heterocycles. The van der Waals surface area contributed by atoms with Crippen molar-refractivity contribution in [2.24, 2.45) is 0 Å². The lowest BCUT2D eigenvalue weighted by Crippen LogP contribution is -2.20. The molecule has 1 fully saturated rings. The Morgan fingerprint density at radius 1 is 1.39 bits per heavy atom. The fraction of sp³-hybridized carbons (Fsp3) is 0.500. The minimum Gasteiger partial charge on any atom is -0.395 e. The summed E-state index contributed by atoms with van der Waals surface area (Å²) in [6.45, 7) is 2.33. The summed E-state index contributed by atoms with van der Waals surface area (Å²) in [5, 5.41) is 22.8. The fourth-order valence-corrected chi connectivity index (χ4v) is 2.19. The molecule has 2 rings (SSSR count). The van der Waals surface area contributed by atoms with Crippen LogP contribution in [0, 0.1) is 10.1 Å². The average molecular weight is 251 g/mol. The first-order valence-electron chi connectivity index (χ1n) is 6.10. The van der Waals surface area contributed by atoms with Crippen LogP contribution in [0.3, 0.4) is 0 Å². The van der Waals surface area contributed by atoms with Gasteiger partial charge < -0.3 is 15.3 Å². The lowest BCUT2D eigenvalue weighted by Gasteiger charge is -2.21. The number of benzene rings is 1. The van der Waals surface area contributed by atoms with Gasteiger partial charge in [0.25, 0.3) is 5.69 Å². The van der Waals surface area contributed by atoms with Crippen molar-refractivity contribution in [3.8, 4) is 0 Å². The number of nitro benzene ring substituents is 1. The third-order valence-electron chi connectivity index (χ3n) is 3.07. The van der Waals surface area contributed by atoms with Crippen molar-refractivity contribution in [2.45, 2.75) is 12.8 Å². The predicted octanol–water partition coefficient (Wildman–Crippen LogP) is 1.60. The molecule has 0 unspecified atom stereocenters. The highest BCUT2D eigenvalue weighted by atomic mass is 16.6. The van der Waals surface area contributed by atoms with Gasteiger partial charge in [0.1, 0.15) is 0 Å². The minimum atomic E-state index is -0.380. The molecule has 0 atom stereocenters. The first kappa shape index (κ1) is 12.6. The molecule has 0 aromatic heterocycles. The van der Waals surface area contributed by atoms with Gasteiger partial charge in [0.05, 0.1) is 22.9 Å². The number of aliphatic hydroxyl groups is 1. The van der Waals surface area contributed by atoms with E-state index >= 15 is 0 Å². The van der Waals surface area contributed by atoms with Crippen LogP contribution in [0.5, 0.6) is 0 Å². The summed E-state index contributed by atoms with van der Waals surface area (Å²) in [6, 6.07) is 4.80. The number of hydrogen-bond donors (Lipinski definition) is 2. The Labute approximate surface area is 105 Å². The number of nitrogens with one attached hydrogen (secondary N) is 1. The Morgan fingerprint density at radius 2 is 2.11 bits per heavy atom. The van der Waals surface area contributed by atoms with E-state index in [9.17, 15) is 10.1 Å². The number of aliphatic hydroxyl groups excluding tert-OH is 1. The summed E-state index contributed by atoms with van der Waals surface area (Å²) in [4.78, 5) is 12.6. The first-order chi connectivity index (χ1) is 8.72. The molecule has 0 radical (unpaired) electrons. The molecule has 0 bridgehead atoms. The lowest BCUT2D eigenvalue weighted by molar-refractivity contribution is -0.384. The summed E-state index contributed by atoms with van der Waals surface area (Å²) in [5.74, 6) is 0. The van der Waals surface area contributed by atoms with Crippen molar-refractivity contribution in [2.75, 3.05) is 36.5 Å². The van der Waals surface area contributed by atoms with Crippen LogP contribution in [0.1, 0.15) is 12.8 Å². The van der Waals surface area contributed by atoms with Crippen molar-refractivity contribution >= 4 is 17.1 Å². The summed E-state index contributed by atoms with van der Waals surface area (Å²) < 4.78 is 0. The van der Waals surface area contributed by atoms with Gasteiger partial charge in [-0.3, -0.25) is 10.1 Å². The fourth-order valence-electron chi connectivity index (χ4n) is 2.19. The van der Waals surface area contributed by atoms with Crippen LogP contribution in [0.4, 0.5) is 17.1 Å². The van der Waals surface area contributed by atoms with Crippen LogP contribution < -0.4 is 10.2 Å². The number of rotatable bonds is 5. The molecule has 6 heteroatoms. The van der Waals surface area contributed by atoms with Crippen LogP contribution in [-0.2, 0) is 0 Å². The SMILES string of the molecule is O=[N+]([O-])c1ccc(NCCO)c(N2CCCC2)c1. The van der Waals surface area contributed by atoms with Gasteiger partial charge in [-0.25, -0.2) is 0 Å². The molecule has 0 spiro atoms. The molecule has 2 N–H and O–H groups in total. The predicted molar refractivity (Wildman–Crippen MR) is 70.1 cm³/mol. The molecule has 1 aliphatic rings. The molecule has 0 saturated carbocycles. The minimum absolute atomic E-state index is 0.0381. The highest BCUT2D eigenvalue weighted by molar-refractivity contribution is 5.73. The Hall–Kier alpha value is -1.82. The molecule has 1 aromatic rings. The number of hydrogen-bond acceptors (Lipinski definition) is 5. The van der Waals surface area contributed by atoms with Gasteiger partial charge in [-0.05, 0) is 18.9 Å². The lowest BCUT2D eigenvalue weighted by atomic mass is 10.2. The van der Waals surface area contributed by atoms with Gasteiger partial charge in [-0.15, -0.1) is 0 Å². The summed E-state index contributed by atoms with van der Waals surface area (Å²) in [7, 11) is 0. The Bertz CT molecular complexity index is 431. The van der Waals surface area contributed by atoms with Crippen molar-refractivity contribution < 1.29 is 10.0 Å². The smallest absolute Gasteiger partial charge is 0.271 e. The van der Waals surface area contributed by atoms with Gasteiger partial charge in [-0.2, -0.15) is 0 Å². The molecule has 0 amide bonds. The second kappa shape index (κ2) is 5.68. The van der Waals surface area contributed by atoms with Gasteiger partial charge in [0, 0.05) is 31.8 Å². The van der Waals surface area contributed by atoms with Crippen LogP contribution in [-0.4, -0.2) is 36.3 Å². The quantitative estimate of drug-likeness (QED) is 0.614. The van der Waals surface area contributed by atoms with Gasteiger partial charge >= 0.3 is 0 Å². The van der Waals surface area contributed by atoms with E-state index in [0.29, 0.717) is 6.54 Å². The van der Waals surface area contributed by atoms with Crippen LogP contribution in [0.25, 0.3) is 0 Å². The van der Waals surface area contributed by atoms with E-state index < -0.39 is 0 Å².